The Hall–Kier alpha value is -2.95. The summed E-state index contributed by atoms with van der Waals surface area (Å²) in [5.41, 5.74) is 3.03. The predicted molar refractivity (Wildman–Crippen MR) is 110 cm³/mol. The molecule has 5 nitrogen and oxygen atoms in total. The summed E-state index contributed by atoms with van der Waals surface area (Å²) >= 11 is 0. The Labute approximate surface area is 159 Å². The fourth-order valence-corrected chi connectivity index (χ4v) is 3.37. The second-order valence-electron chi connectivity index (χ2n) is 6.82. The van der Waals surface area contributed by atoms with Crippen molar-refractivity contribution >= 4 is 22.5 Å². The Morgan fingerprint density at radius 3 is 2.48 bits per heavy atom. The molecule has 2 aromatic carbocycles. The molecule has 0 atom stereocenters. The largest absolute Gasteiger partial charge is 0.326 e. The van der Waals surface area contributed by atoms with Crippen molar-refractivity contribution in [3.63, 3.8) is 0 Å². The van der Waals surface area contributed by atoms with Gasteiger partial charge in [-0.25, -0.2) is 4.98 Å². The molecule has 1 heterocycles. The second kappa shape index (κ2) is 7.74. The molecule has 0 spiro atoms. The third kappa shape index (κ3) is 3.63. The molecule has 27 heavy (non-hydrogen) atoms. The van der Waals surface area contributed by atoms with Gasteiger partial charge in [-0.15, -0.1) is 0 Å². The van der Waals surface area contributed by atoms with Gasteiger partial charge in [0.2, 0.25) is 5.91 Å². The zero-order valence-electron chi connectivity index (χ0n) is 16.2. The number of nitrogens with zero attached hydrogens (tertiary/aromatic N) is 2. The van der Waals surface area contributed by atoms with E-state index in [9.17, 15) is 9.59 Å². The molecule has 1 aromatic heterocycles. The molecule has 140 valence electrons. The molecule has 0 radical (unpaired) electrons. The molecule has 3 rings (SSSR count). The molecule has 0 aliphatic heterocycles. The van der Waals surface area contributed by atoms with Crippen molar-refractivity contribution < 1.29 is 4.79 Å². The molecule has 0 aliphatic carbocycles. The normalized spacial score (nSPS) is 11.1. The molecule has 1 N–H and O–H groups in total. The lowest BCUT2D eigenvalue weighted by atomic mass is 10.0. The quantitative estimate of drug-likeness (QED) is 0.732. The molecule has 0 saturated carbocycles. The van der Waals surface area contributed by atoms with Gasteiger partial charge in [-0.1, -0.05) is 26.0 Å². The van der Waals surface area contributed by atoms with Crippen molar-refractivity contribution in [1.82, 2.24) is 9.55 Å². The molecule has 1 amide bonds. The van der Waals surface area contributed by atoms with Crippen LogP contribution in [0.1, 0.15) is 38.1 Å². The minimum atomic E-state index is -0.0914. The van der Waals surface area contributed by atoms with Crippen LogP contribution in [0.15, 0.2) is 47.3 Å². The number of carbonyl (C=O) groups excluding carboxylic acids is 1. The molecule has 5 heteroatoms. The van der Waals surface area contributed by atoms with E-state index < -0.39 is 0 Å². The van der Waals surface area contributed by atoms with E-state index in [-0.39, 0.29) is 17.4 Å². The Morgan fingerprint density at radius 2 is 1.81 bits per heavy atom. The van der Waals surface area contributed by atoms with Crippen LogP contribution in [-0.4, -0.2) is 15.5 Å². The summed E-state index contributed by atoms with van der Waals surface area (Å²) in [6.07, 6.45) is 1.63. The number of hydrogen-bond acceptors (Lipinski definition) is 3. The van der Waals surface area contributed by atoms with Crippen LogP contribution in [0.4, 0.5) is 5.69 Å². The molecular weight excluding hydrogens is 338 g/mol. The fraction of sp³-hybridized carbons (Fsp3) is 0.318. The van der Waals surface area contributed by atoms with Crippen molar-refractivity contribution in [3.05, 3.63) is 64.2 Å². The van der Waals surface area contributed by atoms with Crippen LogP contribution in [0.25, 0.3) is 16.6 Å². The average Bonchev–Trinajstić information content (AvgIpc) is 2.65. The number of hydrogen-bond donors (Lipinski definition) is 1. The monoisotopic (exact) mass is 363 g/mol. The van der Waals surface area contributed by atoms with E-state index in [0.717, 1.165) is 29.8 Å². The first kappa shape index (κ1) is 18.8. The zero-order valence-corrected chi connectivity index (χ0v) is 16.2. The third-order valence-corrected chi connectivity index (χ3v) is 5.03. The van der Waals surface area contributed by atoms with Gasteiger partial charge in [0.25, 0.3) is 5.56 Å². The van der Waals surface area contributed by atoms with E-state index >= 15 is 0 Å². The lowest BCUT2D eigenvalue weighted by molar-refractivity contribution is -0.120. The van der Waals surface area contributed by atoms with Crippen molar-refractivity contribution in [2.45, 2.75) is 40.5 Å². The van der Waals surface area contributed by atoms with Crippen LogP contribution in [0.3, 0.4) is 0 Å². The molecule has 0 unspecified atom stereocenters. The Morgan fingerprint density at radius 1 is 1.11 bits per heavy atom. The van der Waals surface area contributed by atoms with E-state index in [0.29, 0.717) is 16.7 Å². The standard InChI is InChI=1S/C22H25N3O2/c1-5-16(6-2)21(26)24-19-12-11-17(13-14(19)3)25-15(4)23-20-10-8-7-9-18(20)22(25)27/h7-13,16H,5-6H2,1-4H3,(H,24,26). The van der Waals surface area contributed by atoms with E-state index in [2.05, 4.69) is 10.3 Å². The molecular formula is C22H25N3O2. The minimum absolute atomic E-state index is 0.0126. The molecule has 0 aliphatic rings. The summed E-state index contributed by atoms with van der Waals surface area (Å²) in [6.45, 7) is 7.80. The topological polar surface area (TPSA) is 64.0 Å². The van der Waals surface area contributed by atoms with E-state index in [1.54, 1.807) is 10.6 Å². The number of fused-ring (bicyclic) bond motifs is 1. The Bertz CT molecular complexity index is 1050. The van der Waals surface area contributed by atoms with Crippen molar-refractivity contribution in [3.8, 4) is 5.69 Å². The van der Waals surface area contributed by atoms with Gasteiger partial charge in [-0.3, -0.25) is 14.2 Å². The number of rotatable bonds is 5. The summed E-state index contributed by atoms with van der Waals surface area (Å²) in [4.78, 5) is 29.9. The number of amides is 1. The number of nitrogens with one attached hydrogen (secondary N) is 1. The zero-order chi connectivity index (χ0) is 19.6. The van der Waals surface area contributed by atoms with Crippen LogP contribution < -0.4 is 10.9 Å². The van der Waals surface area contributed by atoms with Crippen molar-refractivity contribution in [2.24, 2.45) is 5.92 Å². The Kier molecular flexibility index (Phi) is 5.40. The first-order chi connectivity index (χ1) is 13.0. The molecule has 0 fully saturated rings. The lowest BCUT2D eigenvalue weighted by Gasteiger charge is -2.16. The first-order valence-corrected chi connectivity index (χ1v) is 9.36. The van der Waals surface area contributed by atoms with Crippen molar-refractivity contribution in [2.75, 3.05) is 5.32 Å². The predicted octanol–water partition coefficient (Wildman–Crippen LogP) is 4.38. The summed E-state index contributed by atoms with van der Waals surface area (Å²) in [5.74, 6) is 0.683. The number of carbonyl (C=O) groups is 1. The first-order valence-electron chi connectivity index (χ1n) is 9.36. The van der Waals surface area contributed by atoms with Crippen LogP contribution >= 0.6 is 0 Å². The number of para-hydroxylation sites is 1. The van der Waals surface area contributed by atoms with Gasteiger partial charge in [-0.2, -0.15) is 0 Å². The van der Waals surface area contributed by atoms with Crippen molar-refractivity contribution in [1.29, 1.82) is 0 Å². The molecule has 0 bridgehead atoms. The van der Waals surface area contributed by atoms with Gasteiger partial charge in [0.15, 0.2) is 0 Å². The summed E-state index contributed by atoms with van der Waals surface area (Å²) in [5, 5.41) is 3.60. The maximum atomic E-state index is 12.9. The molecule has 3 aromatic rings. The van der Waals surface area contributed by atoms with Gasteiger partial charge in [-0.05, 0) is 62.6 Å². The van der Waals surface area contributed by atoms with Crippen LogP contribution in [0, 0.1) is 19.8 Å². The van der Waals surface area contributed by atoms with Crippen LogP contribution in [0.2, 0.25) is 0 Å². The van der Waals surface area contributed by atoms with E-state index in [4.69, 9.17) is 0 Å². The second-order valence-corrected chi connectivity index (χ2v) is 6.82. The van der Waals surface area contributed by atoms with Gasteiger partial charge in [0.1, 0.15) is 5.82 Å². The lowest BCUT2D eigenvalue weighted by Crippen LogP contribution is -2.23. The number of benzene rings is 2. The highest BCUT2D eigenvalue weighted by atomic mass is 16.2. The highest BCUT2D eigenvalue weighted by molar-refractivity contribution is 5.93. The van der Waals surface area contributed by atoms with Gasteiger partial charge in [0, 0.05) is 11.6 Å². The van der Waals surface area contributed by atoms with E-state index in [1.807, 2.05) is 64.1 Å². The smallest absolute Gasteiger partial charge is 0.265 e. The van der Waals surface area contributed by atoms with Crippen LogP contribution in [-0.2, 0) is 4.79 Å². The highest BCUT2D eigenvalue weighted by Crippen LogP contribution is 2.21. The highest BCUT2D eigenvalue weighted by Gasteiger charge is 2.16. The van der Waals surface area contributed by atoms with Crippen LogP contribution in [0.5, 0.6) is 0 Å². The SMILES string of the molecule is CCC(CC)C(=O)Nc1ccc(-n2c(C)nc3ccccc3c2=O)cc1C. The number of aromatic nitrogens is 2. The minimum Gasteiger partial charge on any atom is -0.326 e. The Balaban J connectivity index is 2.00. The summed E-state index contributed by atoms with van der Waals surface area (Å²) in [7, 11) is 0. The summed E-state index contributed by atoms with van der Waals surface area (Å²) < 4.78 is 1.61. The maximum absolute atomic E-state index is 12.9. The van der Waals surface area contributed by atoms with Gasteiger partial charge >= 0.3 is 0 Å². The third-order valence-electron chi connectivity index (χ3n) is 5.03. The molecule has 0 saturated heterocycles. The maximum Gasteiger partial charge on any atom is 0.265 e. The average molecular weight is 363 g/mol. The number of anilines is 1. The fourth-order valence-electron chi connectivity index (χ4n) is 3.37. The van der Waals surface area contributed by atoms with Gasteiger partial charge < -0.3 is 5.32 Å². The summed E-state index contributed by atoms with van der Waals surface area (Å²) in [6, 6.07) is 13.0. The van der Waals surface area contributed by atoms with E-state index in [1.165, 1.54) is 0 Å². The van der Waals surface area contributed by atoms with Gasteiger partial charge in [0.05, 0.1) is 16.6 Å². The number of aryl methyl sites for hydroxylation is 2.